The lowest BCUT2D eigenvalue weighted by atomic mass is 10.1. The van der Waals surface area contributed by atoms with Crippen LogP contribution in [0.15, 0.2) is 28.7 Å². The van der Waals surface area contributed by atoms with E-state index in [9.17, 15) is 17.4 Å². The Labute approximate surface area is 113 Å². The van der Waals surface area contributed by atoms with Crippen molar-refractivity contribution in [2.24, 2.45) is 4.40 Å². The summed E-state index contributed by atoms with van der Waals surface area (Å²) < 4.78 is 53.0. The third-order valence-electron chi connectivity index (χ3n) is 2.35. The zero-order valence-corrected chi connectivity index (χ0v) is 12.0. The zero-order valence-electron chi connectivity index (χ0n) is 11.2. The Bertz CT molecular complexity index is 515. The molecule has 0 saturated carbocycles. The van der Waals surface area contributed by atoms with Crippen molar-refractivity contribution in [3.05, 3.63) is 35.4 Å². The van der Waals surface area contributed by atoms with Gasteiger partial charge in [-0.2, -0.15) is 17.6 Å². The molecule has 0 amide bonds. The van der Waals surface area contributed by atoms with Crippen LogP contribution in [0.25, 0.3) is 0 Å². The van der Waals surface area contributed by atoms with Gasteiger partial charge in [0.15, 0.2) is 0 Å². The second-order valence-corrected chi connectivity index (χ2v) is 7.02. The highest BCUT2D eigenvalue weighted by Crippen LogP contribution is 2.29. The van der Waals surface area contributed by atoms with E-state index in [1.54, 1.807) is 27.7 Å². The van der Waals surface area contributed by atoms with E-state index in [0.717, 1.165) is 12.1 Å². The van der Waals surface area contributed by atoms with Crippen molar-refractivity contribution in [2.45, 2.75) is 38.6 Å². The molecule has 0 aliphatic rings. The lowest BCUT2D eigenvalue weighted by Crippen LogP contribution is -2.20. The predicted molar refractivity (Wildman–Crippen MR) is 71.6 cm³/mol. The maximum atomic E-state index is 12.6. The van der Waals surface area contributed by atoms with Crippen LogP contribution < -0.4 is 0 Å². The molecule has 0 unspecified atom stereocenters. The van der Waals surface area contributed by atoms with Crippen LogP contribution in [0.1, 0.15) is 38.8 Å². The number of rotatable bonds is 2. The van der Waals surface area contributed by atoms with Gasteiger partial charge in [-0.1, -0.05) is 12.1 Å². The molecule has 0 fully saturated rings. The van der Waals surface area contributed by atoms with E-state index >= 15 is 0 Å². The summed E-state index contributed by atoms with van der Waals surface area (Å²) in [4.78, 5) is 0. The number of hydrogen-bond donors (Lipinski definition) is 0. The van der Waals surface area contributed by atoms with Gasteiger partial charge in [0.05, 0.1) is 16.0 Å². The fraction of sp³-hybridized carbons (Fsp3) is 0.462. The molecule has 0 aliphatic carbocycles. The summed E-state index contributed by atoms with van der Waals surface area (Å²) in [7, 11) is -1.49. The highest BCUT2D eigenvalue weighted by molar-refractivity contribution is 7.85. The number of halogens is 3. The Hall–Kier alpha value is -1.17. The summed E-state index contributed by atoms with van der Waals surface area (Å²) in [6.45, 7) is 6.82. The molecule has 0 spiro atoms. The molecule has 1 rings (SSSR count). The minimum Gasteiger partial charge on any atom is -0.234 e. The molecular weight excluding hydrogens is 275 g/mol. The van der Waals surface area contributed by atoms with Crippen molar-refractivity contribution in [1.82, 2.24) is 0 Å². The first-order valence-electron chi connectivity index (χ1n) is 5.67. The third kappa shape index (κ3) is 4.45. The maximum absolute atomic E-state index is 12.6. The number of alkyl halides is 3. The van der Waals surface area contributed by atoms with E-state index in [0.29, 0.717) is 11.3 Å². The highest BCUT2D eigenvalue weighted by Gasteiger charge is 2.30. The van der Waals surface area contributed by atoms with E-state index in [1.807, 2.05) is 0 Å². The van der Waals surface area contributed by atoms with Crippen LogP contribution >= 0.6 is 0 Å². The molecular formula is C13H16F3NOS. The summed E-state index contributed by atoms with van der Waals surface area (Å²) >= 11 is 0. The molecule has 1 aromatic carbocycles. The van der Waals surface area contributed by atoms with Crippen LogP contribution in [-0.2, 0) is 17.2 Å². The Balaban J connectivity index is 3.11. The second kappa shape index (κ2) is 5.45. The number of benzene rings is 1. The minimum atomic E-state index is -4.39. The predicted octanol–water partition coefficient (Wildman–Crippen LogP) is 3.98. The van der Waals surface area contributed by atoms with Crippen LogP contribution in [0.2, 0.25) is 0 Å². The van der Waals surface area contributed by atoms with E-state index in [2.05, 4.69) is 4.40 Å². The minimum absolute atomic E-state index is 0.326. The summed E-state index contributed by atoms with van der Waals surface area (Å²) in [6, 6.07) is 4.85. The monoisotopic (exact) mass is 291 g/mol. The van der Waals surface area contributed by atoms with Gasteiger partial charge in [-0.15, -0.1) is 0 Å². The fourth-order valence-corrected chi connectivity index (χ4v) is 1.86. The SMILES string of the molecule is CC(=N[S@](=O)C(C)(C)C)c1cccc(C(F)(F)F)c1. The van der Waals surface area contributed by atoms with Crippen molar-refractivity contribution < 1.29 is 17.4 Å². The first-order valence-corrected chi connectivity index (χ1v) is 6.77. The maximum Gasteiger partial charge on any atom is 0.416 e. The molecule has 0 heterocycles. The normalized spacial score (nSPS) is 15.4. The molecule has 6 heteroatoms. The summed E-state index contributed by atoms with van der Waals surface area (Å²) in [5, 5.41) is 0. The smallest absolute Gasteiger partial charge is 0.234 e. The molecule has 2 nitrogen and oxygen atoms in total. The van der Waals surface area contributed by atoms with E-state index in [1.165, 1.54) is 12.1 Å². The topological polar surface area (TPSA) is 29.4 Å². The summed E-state index contributed by atoms with van der Waals surface area (Å²) in [5.74, 6) is 0. The van der Waals surface area contributed by atoms with Crippen LogP contribution in [0, 0.1) is 0 Å². The lowest BCUT2D eigenvalue weighted by Gasteiger charge is -2.14. The molecule has 106 valence electrons. The lowest BCUT2D eigenvalue weighted by molar-refractivity contribution is -0.137. The molecule has 0 N–H and O–H groups in total. The van der Waals surface area contributed by atoms with Gasteiger partial charge in [0.1, 0.15) is 11.0 Å². The Morgan fingerprint density at radius 3 is 2.26 bits per heavy atom. The average molecular weight is 291 g/mol. The summed E-state index contributed by atoms with van der Waals surface area (Å²) in [5.41, 5.74) is -0.0760. The van der Waals surface area contributed by atoms with Gasteiger partial charge in [-0.05, 0) is 45.4 Å². The first-order chi connectivity index (χ1) is 8.51. The van der Waals surface area contributed by atoms with Gasteiger partial charge in [0.2, 0.25) is 0 Å². The van der Waals surface area contributed by atoms with Gasteiger partial charge >= 0.3 is 6.18 Å². The summed E-state index contributed by atoms with van der Waals surface area (Å²) in [6.07, 6.45) is -4.39. The van der Waals surface area contributed by atoms with Crippen LogP contribution in [-0.4, -0.2) is 14.7 Å². The van der Waals surface area contributed by atoms with Gasteiger partial charge in [-0.3, -0.25) is 0 Å². The van der Waals surface area contributed by atoms with E-state index in [-0.39, 0.29) is 0 Å². The van der Waals surface area contributed by atoms with Crippen LogP contribution in [0.4, 0.5) is 13.2 Å². The zero-order chi connectivity index (χ0) is 14.8. The second-order valence-electron chi connectivity index (χ2n) is 5.12. The molecule has 0 aromatic heterocycles. The van der Waals surface area contributed by atoms with Crippen molar-refractivity contribution in [2.75, 3.05) is 0 Å². The highest BCUT2D eigenvalue weighted by atomic mass is 32.2. The molecule has 1 aromatic rings. The van der Waals surface area contributed by atoms with Gasteiger partial charge in [0.25, 0.3) is 0 Å². The van der Waals surface area contributed by atoms with Crippen molar-refractivity contribution in [3.8, 4) is 0 Å². The molecule has 0 bridgehead atoms. The molecule has 19 heavy (non-hydrogen) atoms. The van der Waals surface area contributed by atoms with E-state index in [4.69, 9.17) is 0 Å². The van der Waals surface area contributed by atoms with Crippen molar-refractivity contribution in [1.29, 1.82) is 0 Å². The number of hydrogen-bond acceptors (Lipinski definition) is 1. The van der Waals surface area contributed by atoms with Crippen molar-refractivity contribution in [3.63, 3.8) is 0 Å². The standard InChI is InChI=1S/C13H16F3NOS/c1-9(17-19(18)12(2,3)4)10-6-5-7-11(8-10)13(14,15)16/h5-8H,1-4H3/t19-/m1/s1. The Kier molecular flexibility index (Phi) is 4.55. The number of nitrogens with zero attached hydrogens (tertiary/aromatic N) is 1. The van der Waals surface area contributed by atoms with Gasteiger partial charge in [0, 0.05) is 0 Å². The quantitative estimate of drug-likeness (QED) is 0.758. The Morgan fingerprint density at radius 1 is 1.21 bits per heavy atom. The largest absolute Gasteiger partial charge is 0.416 e. The van der Waals surface area contributed by atoms with Gasteiger partial charge < -0.3 is 0 Å². The fourth-order valence-electron chi connectivity index (χ4n) is 1.23. The first kappa shape index (κ1) is 15.9. The molecule has 0 aliphatic heterocycles. The van der Waals surface area contributed by atoms with Crippen molar-refractivity contribution >= 4 is 16.7 Å². The van der Waals surface area contributed by atoms with Gasteiger partial charge in [-0.25, -0.2) is 4.21 Å². The van der Waals surface area contributed by atoms with E-state index < -0.39 is 27.5 Å². The molecule has 0 radical (unpaired) electrons. The van der Waals surface area contributed by atoms with Crippen LogP contribution in [0.3, 0.4) is 0 Å². The Morgan fingerprint density at radius 2 is 1.79 bits per heavy atom. The average Bonchev–Trinajstić information content (AvgIpc) is 2.26. The van der Waals surface area contributed by atoms with Crippen LogP contribution in [0.5, 0.6) is 0 Å². The molecule has 0 saturated heterocycles. The third-order valence-corrected chi connectivity index (χ3v) is 3.84. The molecule has 1 atom stereocenters.